The maximum absolute atomic E-state index is 3.40. The first-order chi connectivity index (χ1) is 24.7. The third-order valence-electron chi connectivity index (χ3n) is 10.6. The van der Waals surface area contributed by atoms with Gasteiger partial charge in [0.25, 0.3) is 0 Å². The molecule has 3 heteroatoms. The number of fused-ring (bicyclic) bond motifs is 3. The van der Waals surface area contributed by atoms with Crippen LogP contribution in [0.5, 0.6) is 0 Å². The van der Waals surface area contributed by atoms with Crippen LogP contribution in [0.1, 0.15) is 151 Å². The zero-order valence-corrected chi connectivity index (χ0v) is 41.5. The monoisotopic (exact) mass is 864 g/mol. The van der Waals surface area contributed by atoms with Gasteiger partial charge in [0, 0.05) is 0 Å². The first-order valence-electron chi connectivity index (χ1n) is 19.9. The molecule has 1 aliphatic rings. The van der Waals surface area contributed by atoms with Crippen molar-refractivity contribution in [2.45, 2.75) is 139 Å². The van der Waals surface area contributed by atoms with E-state index in [2.05, 4.69) is 221 Å². The van der Waals surface area contributed by atoms with E-state index in [0.29, 0.717) is 11.3 Å². The van der Waals surface area contributed by atoms with Crippen LogP contribution in [0, 0.1) is 17.4 Å². The zero-order chi connectivity index (χ0) is 40.6. The Hall–Kier alpha value is -2.44. The van der Waals surface area contributed by atoms with E-state index in [9.17, 15) is 0 Å². The van der Waals surface area contributed by atoms with Gasteiger partial charge in [0.15, 0.2) is 0 Å². The summed E-state index contributed by atoms with van der Waals surface area (Å²) >= 11 is 1.46. The molecule has 0 N–H and O–H groups in total. The van der Waals surface area contributed by atoms with Gasteiger partial charge < -0.3 is 24.8 Å². The molecule has 56 heavy (non-hydrogen) atoms. The second kappa shape index (κ2) is 18.7. The molecule has 0 spiro atoms. The summed E-state index contributed by atoms with van der Waals surface area (Å²) < 4.78 is 1.42. The Kier molecular flexibility index (Phi) is 16.6. The maximum Gasteiger partial charge on any atom is -0.0145 e. The first kappa shape index (κ1) is 49.7. The minimum absolute atomic E-state index is 0. The summed E-state index contributed by atoms with van der Waals surface area (Å²) in [6.07, 6.45) is 5.71. The van der Waals surface area contributed by atoms with Gasteiger partial charge in [0.2, 0.25) is 0 Å². The number of hydrogen-bond acceptors (Lipinski definition) is 0. The summed E-state index contributed by atoms with van der Waals surface area (Å²) in [7, 11) is 0. The number of rotatable bonds is 2. The quantitative estimate of drug-likeness (QED) is 0.156. The van der Waals surface area contributed by atoms with Crippen molar-refractivity contribution in [3.05, 3.63) is 148 Å². The van der Waals surface area contributed by atoms with Crippen LogP contribution in [0.4, 0.5) is 0 Å². The third-order valence-corrected chi connectivity index (χ3v) is 12.0. The standard InChI is InChI=1S/C21H25.C21H26.C11H17.2ClH.Zr/c1-20(2,3)16-9-7-14-11-15-8-10-17(21(4,5)6)13-19(15)18(14)12-16;1-20(2,3)18-11-7-16(8-12-18)15-17-9-13-19(14-10-17)21(4,5)6;1-8-6-9(2)10(7-8)11(3,4)5;;;/h7-13H,1-6H3;7-14H,1-6H3;7-8H,1-5H3;2*1H;/q-1;;-1;;;+2/p-2. The van der Waals surface area contributed by atoms with Crippen LogP contribution in [0.3, 0.4) is 0 Å². The molecule has 1 aliphatic carbocycles. The number of hydrogen-bond donors (Lipinski definition) is 0. The van der Waals surface area contributed by atoms with Gasteiger partial charge in [-0.05, 0) is 10.8 Å². The van der Waals surface area contributed by atoms with Gasteiger partial charge in [-0.25, -0.2) is 5.57 Å². The number of benzene rings is 4. The minimum Gasteiger partial charge on any atom is -1.00 e. The fourth-order valence-corrected chi connectivity index (χ4v) is 7.84. The van der Waals surface area contributed by atoms with Crippen molar-refractivity contribution in [1.82, 2.24) is 0 Å². The van der Waals surface area contributed by atoms with Crippen molar-refractivity contribution in [2.75, 3.05) is 0 Å². The van der Waals surface area contributed by atoms with E-state index in [4.69, 9.17) is 0 Å². The van der Waals surface area contributed by atoms with E-state index >= 15 is 0 Å². The first-order valence-corrected chi connectivity index (χ1v) is 21.2. The van der Waals surface area contributed by atoms with Crippen molar-refractivity contribution in [3.8, 4) is 0 Å². The average Bonchev–Trinajstić information content (AvgIpc) is 3.61. The number of halogens is 2. The molecule has 1 unspecified atom stereocenters. The van der Waals surface area contributed by atoms with Crippen LogP contribution in [0.2, 0.25) is 0 Å². The molecule has 1 atom stereocenters. The molecule has 300 valence electrons. The van der Waals surface area contributed by atoms with E-state index in [-0.39, 0.29) is 46.5 Å². The third kappa shape index (κ3) is 12.8. The summed E-state index contributed by atoms with van der Waals surface area (Å²) in [6, 6.07) is 34.3. The van der Waals surface area contributed by atoms with Crippen molar-refractivity contribution in [1.29, 1.82) is 0 Å². The normalized spacial score (nSPS) is 14.7. The van der Waals surface area contributed by atoms with Crippen molar-refractivity contribution >= 4 is 24.8 Å². The maximum atomic E-state index is 3.40. The molecule has 0 aliphatic heterocycles. The average molecular weight is 867 g/mol. The van der Waals surface area contributed by atoms with Gasteiger partial charge >= 0.3 is 151 Å². The van der Waals surface area contributed by atoms with E-state index in [1.54, 1.807) is 0 Å². The molecule has 0 fully saturated rings. The van der Waals surface area contributed by atoms with Gasteiger partial charge in [0.05, 0.1) is 0 Å². The van der Waals surface area contributed by atoms with Crippen LogP contribution in [0.25, 0.3) is 21.5 Å². The van der Waals surface area contributed by atoms with Crippen molar-refractivity contribution in [3.63, 3.8) is 0 Å². The SMILES string of the molecule is CC(C)(C)c1ccc([C](=[Zr+2])c2ccc(C(C)(C)C)cc2)cc1.CC(C)(C)c1ccc2[cH-]c3ccc(C(C)(C)C)cc3c2c1.CC1=[C-]C(C)C=C1C(C)(C)C.[Cl-].[Cl-]. The van der Waals surface area contributed by atoms with Crippen LogP contribution < -0.4 is 24.8 Å². The van der Waals surface area contributed by atoms with Crippen LogP contribution in [-0.4, -0.2) is 3.21 Å². The molecule has 6 rings (SSSR count). The summed E-state index contributed by atoms with van der Waals surface area (Å²) in [5.41, 5.74) is 12.2. The fourth-order valence-electron chi connectivity index (χ4n) is 7.02. The van der Waals surface area contributed by atoms with E-state index in [1.165, 1.54) is 93.5 Å². The fraction of sp³-hybridized carbons (Fsp3) is 0.434. The summed E-state index contributed by atoms with van der Waals surface area (Å²) in [5, 5.41) is 5.49. The zero-order valence-electron chi connectivity index (χ0n) is 37.6. The second-order valence-corrected chi connectivity index (χ2v) is 21.9. The molecule has 0 radical (unpaired) electrons. The Morgan fingerprint density at radius 3 is 1.07 bits per heavy atom. The molecule has 0 aromatic heterocycles. The molecule has 0 saturated carbocycles. The van der Waals surface area contributed by atoms with Gasteiger partial charge in [-0.15, -0.1) is 39.7 Å². The van der Waals surface area contributed by atoms with Crippen LogP contribution >= 0.6 is 0 Å². The molecule has 0 heterocycles. The molecule has 0 saturated heterocycles. The molecular weight excluding hydrogens is 799 g/mol. The molecular formula is C53H68Cl2Zr-2. The molecule has 5 aromatic rings. The summed E-state index contributed by atoms with van der Waals surface area (Å²) in [5.74, 6) is 0.518. The Bertz CT molecular complexity index is 2010. The van der Waals surface area contributed by atoms with Gasteiger partial charge in [0.1, 0.15) is 0 Å². The second-order valence-electron chi connectivity index (χ2n) is 20.7. The topological polar surface area (TPSA) is 0 Å². The molecule has 5 aromatic carbocycles. The molecule has 0 amide bonds. The Balaban J connectivity index is 0.000000300. The van der Waals surface area contributed by atoms with E-state index in [1.807, 2.05) is 0 Å². The van der Waals surface area contributed by atoms with Gasteiger partial charge in [-0.3, -0.25) is 6.08 Å². The summed E-state index contributed by atoms with van der Waals surface area (Å²) in [6.45, 7) is 38.3. The van der Waals surface area contributed by atoms with Gasteiger partial charge in [-0.1, -0.05) is 123 Å². The predicted molar refractivity (Wildman–Crippen MR) is 237 cm³/mol. The molecule has 0 bridgehead atoms. The van der Waals surface area contributed by atoms with Crippen LogP contribution in [0.15, 0.2) is 108 Å². The summed E-state index contributed by atoms with van der Waals surface area (Å²) in [4.78, 5) is 0. The van der Waals surface area contributed by atoms with Crippen molar-refractivity contribution in [2.24, 2.45) is 11.3 Å². The smallest absolute Gasteiger partial charge is 0.0145 e. The van der Waals surface area contributed by atoms with E-state index < -0.39 is 0 Å². The Morgan fingerprint density at radius 2 is 0.821 bits per heavy atom. The van der Waals surface area contributed by atoms with E-state index in [0.717, 1.165) is 0 Å². The van der Waals surface area contributed by atoms with Gasteiger partial charge in [-0.2, -0.15) is 11.6 Å². The Morgan fingerprint density at radius 1 is 0.500 bits per heavy atom. The minimum atomic E-state index is 0. The number of allylic oxidation sites excluding steroid dienone is 4. The van der Waals surface area contributed by atoms with Crippen molar-refractivity contribution < 1.29 is 49.0 Å². The Labute approximate surface area is 369 Å². The predicted octanol–water partition coefficient (Wildman–Crippen LogP) is 9.07. The molecule has 0 nitrogen and oxygen atoms in total. The largest absolute Gasteiger partial charge is 1.00 e. The van der Waals surface area contributed by atoms with Crippen LogP contribution in [-0.2, 0) is 45.9 Å².